The monoisotopic (exact) mass is 278 g/mol. The molecule has 5 heteroatoms. The molecular formula is C14H12ClFN2O. The lowest BCUT2D eigenvalue weighted by Crippen LogP contribution is -2.21. The molecule has 2 rings (SSSR count). The van der Waals surface area contributed by atoms with E-state index in [1.165, 1.54) is 24.3 Å². The minimum atomic E-state index is -0.341. The molecule has 0 radical (unpaired) electrons. The number of rotatable bonds is 4. The van der Waals surface area contributed by atoms with Gasteiger partial charge in [0, 0.05) is 5.69 Å². The van der Waals surface area contributed by atoms with Crippen LogP contribution in [0.2, 0.25) is 5.02 Å². The van der Waals surface area contributed by atoms with Crippen molar-refractivity contribution in [3.8, 4) is 0 Å². The van der Waals surface area contributed by atoms with Gasteiger partial charge in [-0.3, -0.25) is 4.79 Å². The van der Waals surface area contributed by atoms with Crippen molar-refractivity contribution >= 4 is 28.9 Å². The van der Waals surface area contributed by atoms with Crippen molar-refractivity contribution in [3.63, 3.8) is 0 Å². The number of hydrogen-bond acceptors (Lipinski definition) is 2. The standard InChI is InChI=1S/C14H12ClFN2O/c15-12-3-1-2-4-13(12)17-9-14(19)18-11-7-5-10(16)6-8-11/h1-8,17H,9H2,(H,18,19). The normalized spacial score (nSPS) is 10.0. The summed E-state index contributed by atoms with van der Waals surface area (Å²) in [5.41, 5.74) is 1.24. The number of carbonyl (C=O) groups excluding carboxylic acids is 1. The third-order valence-electron chi connectivity index (χ3n) is 2.44. The summed E-state index contributed by atoms with van der Waals surface area (Å²) in [7, 11) is 0. The number of nitrogens with one attached hydrogen (secondary N) is 2. The van der Waals surface area contributed by atoms with E-state index in [2.05, 4.69) is 10.6 Å². The van der Waals surface area contributed by atoms with Crippen LogP contribution in [-0.2, 0) is 4.79 Å². The first-order valence-corrected chi connectivity index (χ1v) is 6.07. The van der Waals surface area contributed by atoms with Gasteiger partial charge in [-0.15, -0.1) is 0 Å². The fourth-order valence-electron chi connectivity index (χ4n) is 1.52. The first-order valence-electron chi connectivity index (χ1n) is 5.69. The lowest BCUT2D eigenvalue weighted by molar-refractivity contribution is -0.114. The topological polar surface area (TPSA) is 41.1 Å². The molecule has 98 valence electrons. The second-order valence-corrected chi connectivity index (χ2v) is 4.30. The Bertz CT molecular complexity index is 572. The van der Waals surface area contributed by atoms with Gasteiger partial charge >= 0.3 is 0 Å². The molecule has 3 nitrogen and oxygen atoms in total. The molecule has 0 aromatic heterocycles. The molecule has 0 spiro atoms. The third kappa shape index (κ3) is 3.96. The van der Waals surface area contributed by atoms with Crippen LogP contribution in [0, 0.1) is 5.82 Å². The number of amides is 1. The molecule has 0 aliphatic rings. The molecule has 19 heavy (non-hydrogen) atoms. The van der Waals surface area contributed by atoms with E-state index in [9.17, 15) is 9.18 Å². The predicted molar refractivity (Wildman–Crippen MR) is 75.0 cm³/mol. The van der Waals surface area contributed by atoms with E-state index in [0.717, 1.165) is 0 Å². The first-order chi connectivity index (χ1) is 9.15. The lowest BCUT2D eigenvalue weighted by Gasteiger charge is -2.08. The van der Waals surface area contributed by atoms with Crippen LogP contribution >= 0.6 is 11.6 Å². The van der Waals surface area contributed by atoms with Crippen molar-refractivity contribution in [2.45, 2.75) is 0 Å². The predicted octanol–water partition coefficient (Wildman–Crippen LogP) is 3.53. The average molecular weight is 279 g/mol. The second kappa shape index (κ2) is 6.20. The summed E-state index contributed by atoms with van der Waals surface area (Å²) in [5.74, 6) is -0.571. The lowest BCUT2D eigenvalue weighted by atomic mass is 10.3. The Labute approximate surface area is 115 Å². The maximum absolute atomic E-state index is 12.7. The highest BCUT2D eigenvalue weighted by molar-refractivity contribution is 6.33. The summed E-state index contributed by atoms with van der Waals surface area (Å²) >= 11 is 5.95. The number of halogens is 2. The van der Waals surface area contributed by atoms with Crippen molar-refractivity contribution < 1.29 is 9.18 Å². The minimum Gasteiger partial charge on any atom is -0.375 e. The van der Waals surface area contributed by atoms with E-state index in [1.807, 2.05) is 12.1 Å². The van der Waals surface area contributed by atoms with Gasteiger partial charge in [0.2, 0.25) is 5.91 Å². The smallest absolute Gasteiger partial charge is 0.243 e. The Morgan fingerprint density at radius 1 is 1.11 bits per heavy atom. The summed E-state index contributed by atoms with van der Waals surface area (Å²) in [6.07, 6.45) is 0. The summed E-state index contributed by atoms with van der Waals surface area (Å²) in [4.78, 5) is 11.7. The fourth-order valence-corrected chi connectivity index (χ4v) is 1.72. The maximum atomic E-state index is 12.7. The number of anilines is 2. The van der Waals surface area contributed by atoms with Crippen LogP contribution in [0.15, 0.2) is 48.5 Å². The Hall–Kier alpha value is -2.07. The molecule has 2 aromatic rings. The number of benzene rings is 2. The Balaban J connectivity index is 1.88. The molecule has 0 aliphatic heterocycles. The van der Waals surface area contributed by atoms with Crippen molar-refractivity contribution in [2.24, 2.45) is 0 Å². The summed E-state index contributed by atoms with van der Waals surface area (Å²) < 4.78 is 12.7. The highest BCUT2D eigenvalue weighted by Gasteiger charge is 2.04. The summed E-state index contributed by atoms with van der Waals surface area (Å²) in [5, 5.41) is 6.13. The van der Waals surface area contributed by atoms with Gasteiger partial charge in [-0.25, -0.2) is 4.39 Å². The average Bonchev–Trinajstić information content (AvgIpc) is 2.40. The first kappa shape index (κ1) is 13.4. The number of carbonyl (C=O) groups is 1. The molecule has 0 saturated heterocycles. The molecule has 0 heterocycles. The molecule has 0 bridgehead atoms. The SMILES string of the molecule is O=C(CNc1ccccc1Cl)Nc1ccc(F)cc1. The van der Waals surface area contributed by atoms with Crippen molar-refractivity contribution in [2.75, 3.05) is 17.2 Å². The molecule has 1 amide bonds. The third-order valence-corrected chi connectivity index (χ3v) is 2.77. The van der Waals surface area contributed by atoms with Gasteiger partial charge in [0.05, 0.1) is 17.3 Å². The van der Waals surface area contributed by atoms with Crippen LogP contribution in [-0.4, -0.2) is 12.5 Å². The van der Waals surface area contributed by atoms with Gasteiger partial charge < -0.3 is 10.6 Å². The molecular weight excluding hydrogens is 267 g/mol. The van der Waals surface area contributed by atoms with E-state index in [4.69, 9.17) is 11.6 Å². The van der Waals surface area contributed by atoms with Crippen molar-refractivity contribution in [3.05, 3.63) is 59.4 Å². The van der Waals surface area contributed by atoms with E-state index in [-0.39, 0.29) is 18.3 Å². The maximum Gasteiger partial charge on any atom is 0.243 e. The zero-order valence-corrected chi connectivity index (χ0v) is 10.7. The molecule has 0 fully saturated rings. The summed E-state index contributed by atoms with van der Waals surface area (Å²) in [6, 6.07) is 12.7. The Morgan fingerprint density at radius 3 is 2.47 bits per heavy atom. The van der Waals surface area contributed by atoms with Crippen LogP contribution in [0.1, 0.15) is 0 Å². The van der Waals surface area contributed by atoms with Gasteiger partial charge in [-0.2, -0.15) is 0 Å². The fraction of sp³-hybridized carbons (Fsp3) is 0.0714. The van der Waals surface area contributed by atoms with Crippen molar-refractivity contribution in [1.82, 2.24) is 0 Å². The molecule has 0 saturated carbocycles. The van der Waals surface area contributed by atoms with Crippen LogP contribution in [0.4, 0.5) is 15.8 Å². The van der Waals surface area contributed by atoms with Gasteiger partial charge in [0.25, 0.3) is 0 Å². The van der Waals surface area contributed by atoms with Crippen LogP contribution < -0.4 is 10.6 Å². The number of hydrogen-bond donors (Lipinski definition) is 2. The van der Waals surface area contributed by atoms with Crippen LogP contribution in [0.3, 0.4) is 0 Å². The van der Waals surface area contributed by atoms with E-state index >= 15 is 0 Å². The van der Waals surface area contributed by atoms with E-state index < -0.39 is 0 Å². The quantitative estimate of drug-likeness (QED) is 0.898. The minimum absolute atomic E-state index is 0.0844. The highest BCUT2D eigenvalue weighted by atomic mass is 35.5. The Morgan fingerprint density at radius 2 is 1.79 bits per heavy atom. The highest BCUT2D eigenvalue weighted by Crippen LogP contribution is 2.20. The van der Waals surface area contributed by atoms with Gasteiger partial charge in [-0.1, -0.05) is 23.7 Å². The molecule has 2 N–H and O–H groups in total. The van der Waals surface area contributed by atoms with E-state index in [0.29, 0.717) is 16.4 Å². The van der Waals surface area contributed by atoms with Gasteiger partial charge in [0.1, 0.15) is 5.82 Å². The number of para-hydroxylation sites is 1. The molecule has 0 atom stereocenters. The zero-order chi connectivity index (χ0) is 13.7. The zero-order valence-electron chi connectivity index (χ0n) is 9.99. The van der Waals surface area contributed by atoms with Gasteiger partial charge in [0.15, 0.2) is 0 Å². The van der Waals surface area contributed by atoms with E-state index in [1.54, 1.807) is 12.1 Å². The van der Waals surface area contributed by atoms with Gasteiger partial charge in [-0.05, 0) is 36.4 Å². The Kier molecular flexibility index (Phi) is 4.36. The van der Waals surface area contributed by atoms with Crippen LogP contribution in [0.25, 0.3) is 0 Å². The van der Waals surface area contributed by atoms with Crippen molar-refractivity contribution in [1.29, 1.82) is 0 Å². The molecule has 0 unspecified atom stereocenters. The second-order valence-electron chi connectivity index (χ2n) is 3.89. The molecule has 2 aromatic carbocycles. The summed E-state index contributed by atoms with van der Waals surface area (Å²) in [6.45, 7) is 0.0844. The largest absolute Gasteiger partial charge is 0.375 e. The van der Waals surface area contributed by atoms with Crippen LogP contribution in [0.5, 0.6) is 0 Å². The molecule has 0 aliphatic carbocycles.